The predicted molar refractivity (Wildman–Crippen MR) is 129 cm³/mol. The van der Waals surface area contributed by atoms with Gasteiger partial charge >= 0.3 is 11.9 Å². The van der Waals surface area contributed by atoms with E-state index in [0.717, 1.165) is 16.2 Å². The summed E-state index contributed by atoms with van der Waals surface area (Å²) >= 11 is 0.934. The van der Waals surface area contributed by atoms with Gasteiger partial charge in [-0.15, -0.1) is 0 Å². The van der Waals surface area contributed by atoms with Crippen LogP contribution in [0.4, 0.5) is 5.13 Å². The molecular formula is C25H24N2O7S. The van der Waals surface area contributed by atoms with Crippen LogP contribution in [0, 0.1) is 6.92 Å². The minimum absolute atomic E-state index is 0.0278. The van der Waals surface area contributed by atoms with Crippen LogP contribution in [0.5, 0.6) is 5.75 Å². The van der Waals surface area contributed by atoms with Crippen molar-refractivity contribution in [1.29, 1.82) is 0 Å². The van der Waals surface area contributed by atoms with E-state index in [-0.39, 0.29) is 39.8 Å². The van der Waals surface area contributed by atoms with Crippen molar-refractivity contribution in [3.05, 3.63) is 70.1 Å². The molecule has 1 saturated heterocycles. The van der Waals surface area contributed by atoms with Gasteiger partial charge in [-0.1, -0.05) is 11.3 Å². The van der Waals surface area contributed by atoms with Crippen molar-refractivity contribution >= 4 is 39.9 Å². The Hall–Kier alpha value is -3.92. The molecule has 1 aliphatic rings. The second-order valence-corrected chi connectivity index (χ2v) is 8.98. The Labute approximate surface area is 205 Å². The van der Waals surface area contributed by atoms with Gasteiger partial charge in [-0.2, -0.15) is 0 Å². The van der Waals surface area contributed by atoms with Crippen molar-refractivity contribution in [3.63, 3.8) is 0 Å². The summed E-state index contributed by atoms with van der Waals surface area (Å²) in [5.41, 5.74) is 0.551. The van der Waals surface area contributed by atoms with Gasteiger partial charge in [-0.25, -0.2) is 9.78 Å². The molecule has 0 unspecified atom stereocenters. The SMILES string of the molecule is CCOC(=O)c1sc(N2C(=O)C(=O)C(=C(O)c3ccc(OC(C)C)cc3)[C@@H]2c2ccco2)nc1C. The average molecular weight is 497 g/mol. The smallest absolute Gasteiger partial charge is 0.350 e. The van der Waals surface area contributed by atoms with Crippen LogP contribution in [0.1, 0.15) is 53.5 Å². The molecule has 1 N–H and O–H groups in total. The van der Waals surface area contributed by atoms with Crippen molar-refractivity contribution in [2.45, 2.75) is 39.8 Å². The van der Waals surface area contributed by atoms with Gasteiger partial charge in [-0.05, 0) is 64.1 Å². The molecule has 3 aromatic rings. The van der Waals surface area contributed by atoms with Gasteiger partial charge in [0.1, 0.15) is 28.2 Å². The van der Waals surface area contributed by atoms with Crippen molar-refractivity contribution in [2.24, 2.45) is 0 Å². The molecule has 0 bridgehead atoms. The number of rotatable bonds is 7. The monoisotopic (exact) mass is 496 g/mol. The van der Waals surface area contributed by atoms with Gasteiger partial charge in [0, 0.05) is 5.56 Å². The highest BCUT2D eigenvalue weighted by molar-refractivity contribution is 7.17. The maximum Gasteiger partial charge on any atom is 0.350 e. The molecule has 35 heavy (non-hydrogen) atoms. The number of Topliss-reactive ketones (excluding diaryl/α,β-unsaturated/α-hetero) is 1. The number of ketones is 1. The second-order valence-electron chi connectivity index (χ2n) is 8.01. The first kappa shape index (κ1) is 24.2. The zero-order chi connectivity index (χ0) is 25.3. The molecule has 0 aliphatic carbocycles. The van der Waals surface area contributed by atoms with Crippen LogP contribution in [0.2, 0.25) is 0 Å². The number of esters is 1. The fourth-order valence-electron chi connectivity index (χ4n) is 3.74. The van der Waals surface area contributed by atoms with Crippen LogP contribution in [0.3, 0.4) is 0 Å². The predicted octanol–water partition coefficient (Wildman–Crippen LogP) is 4.63. The fourth-order valence-corrected chi connectivity index (χ4v) is 4.72. The number of aliphatic hydroxyl groups is 1. The van der Waals surface area contributed by atoms with Gasteiger partial charge in [0.25, 0.3) is 5.78 Å². The number of aromatic nitrogens is 1. The third-order valence-electron chi connectivity index (χ3n) is 5.21. The number of carbonyl (C=O) groups excluding carboxylic acids is 3. The summed E-state index contributed by atoms with van der Waals surface area (Å²) in [6, 6.07) is 8.69. The number of nitrogens with zero attached hydrogens (tertiary/aromatic N) is 2. The summed E-state index contributed by atoms with van der Waals surface area (Å²) in [4.78, 5) is 44.4. The van der Waals surface area contributed by atoms with E-state index in [0.29, 0.717) is 17.0 Å². The number of thiazole rings is 1. The summed E-state index contributed by atoms with van der Waals surface area (Å²) in [7, 11) is 0. The van der Waals surface area contributed by atoms with Gasteiger partial charge in [0.2, 0.25) is 0 Å². The molecule has 2 aromatic heterocycles. The maximum atomic E-state index is 13.2. The average Bonchev–Trinajstić information content (AvgIpc) is 3.53. The number of hydrogen-bond donors (Lipinski definition) is 1. The summed E-state index contributed by atoms with van der Waals surface area (Å²) in [5, 5.41) is 11.3. The van der Waals surface area contributed by atoms with Crippen LogP contribution in [0.25, 0.3) is 5.76 Å². The zero-order valence-electron chi connectivity index (χ0n) is 19.6. The minimum atomic E-state index is -1.07. The Morgan fingerprint density at radius 3 is 2.54 bits per heavy atom. The molecule has 0 spiro atoms. The van der Waals surface area contributed by atoms with Crippen molar-refractivity contribution in [1.82, 2.24) is 4.98 Å². The van der Waals surface area contributed by atoms with Crippen LogP contribution >= 0.6 is 11.3 Å². The van der Waals surface area contributed by atoms with Gasteiger partial charge in [0.15, 0.2) is 5.13 Å². The van der Waals surface area contributed by atoms with Gasteiger partial charge in [0.05, 0.1) is 30.2 Å². The lowest BCUT2D eigenvalue weighted by atomic mass is 9.99. The lowest BCUT2D eigenvalue weighted by Gasteiger charge is -2.20. The molecule has 1 fully saturated rings. The number of aryl methyl sites for hydroxylation is 1. The molecule has 182 valence electrons. The van der Waals surface area contributed by atoms with Crippen molar-refractivity contribution in [3.8, 4) is 5.75 Å². The summed E-state index contributed by atoms with van der Waals surface area (Å²) in [5.74, 6) is -1.85. The molecule has 3 heterocycles. The highest BCUT2D eigenvalue weighted by Crippen LogP contribution is 2.44. The zero-order valence-corrected chi connectivity index (χ0v) is 20.4. The molecule has 1 amide bonds. The standard InChI is InChI=1S/C25H24N2O7S/c1-5-32-24(31)22-14(4)26-25(35-22)27-19(17-7-6-12-33-17)18(21(29)23(27)30)20(28)15-8-10-16(11-9-15)34-13(2)3/h6-13,19,28H,5H2,1-4H3/t19-/m0/s1. The first-order valence-electron chi connectivity index (χ1n) is 11.0. The van der Waals surface area contributed by atoms with Crippen molar-refractivity contribution < 1.29 is 33.4 Å². The molecule has 0 radical (unpaired) electrons. The number of hydrogen-bond acceptors (Lipinski definition) is 9. The Kier molecular flexibility index (Phi) is 6.74. The Balaban J connectivity index is 1.81. The number of aliphatic hydroxyl groups excluding tert-OH is 1. The Morgan fingerprint density at radius 1 is 1.23 bits per heavy atom. The molecule has 1 aromatic carbocycles. The normalized spacial score (nSPS) is 17.3. The van der Waals surface area contributed by atoms with Gasteiger partial charge in [-0.3, -0.25) is 14.5 Å². The lowest BCUT2D eigenvalue weighted by molar-refractivity contribution is -0.132. The van der Waals surface area contributed by atoms with Crippen LogP contribution < -0.4 is 9.64 Å². The lowest BCUT2D eigenvalue weighted by Crippen LogP contribution is -2.29. The third-order valence-corrected chi connectivity index (χ3v) is 6.35. The van der Waals surface area contributed by atoms with E-state index in [2.05, 4.69) is 4.98 Å². The van der Waals surface area contributed by atoms with E-state index in [1.165, 1.54) is 6.26 Å². The van der Waals surface area contributed by atoms with E-state index in [1.54, 1.807) is 50.2 Å². The Morgan fingerprint density at radius 2 is 1.94 bits per heavy atom. The van der Waals surface area contributed by atoms with Crippen LogP contribution in [-0.4, -0.2) is 40.5 Å². The molecule has 0 saturated carbocycles. The molecule has 1 atom stereocenters. The van der Waals surface area contributed by atoms with Crippen LogP contribution in [-0.2, 0) is 14.3 Å². The minimum Gasteiger partial charge on any atom is -0.507 e. The van der Waals surface area contributed by atoms with E-state index < -0.39 is 23.7 Å². The first-order valence-corrected chi connectivity index (χ1v) is 11.8. The van der Waals surface area contributed by atoms with Crippen LogP contribution in [0.15, 0.2) is 52.7 Å². The molecule has 9 nitrogen and oxygen atoms in total. The number of amides is 1. The first-order chi connectivity index (χ1) is 16.7. The summed E-state index contributed by atoms with van der Waals surface area (Å²) in [6.45, 7) is 7.28. The fraction of sp³-hybridized carbons (Fsp3) is 0.280. The molecule has 10 heteroatoms. The molecule has 4 rings (SSSR count). The number of carbonyl (C=O) groups is 3. The second kappa shape index (κ2) is 9.75. The number of furan rings is 1. The highest BCUT2D eigenvalue weighted by atomic mass is 32.1. The maximum absolute atomic E-state index is 13.2. The number of ether oxygens (including phenoxy) is 2. The highest BCUT2D eigenvalue weighted by Gasteiger charge is 2.49. The van der Waals surface area contributed by atoms with Crippen molar-refractivity contribution in [2.75, 3.05) is 11.5 Å². The molecule has 1 aliphatic heterocycles. The largest absolute Gasteiger partial charge is 0.507 e. The van der Waals surface area contributed by atoms with E-state index in [4.69, 9.17) is 13.9 Å². The summed E-state index contributed by atoms with van der Waals surface area (Å²) < 4.78 is 16.2. The third kappa shape index (κ3) is 4.57. The van der Waals surface area contributed by atoms with E-state index >= 15 is 0 Å². The number of anilines is 1. The van der Waals surface area contributed by atoms with Gasteiger partial charge < -0.3 is 19.0 Å². The Bertz CT molecular complexity index is 1290. The van der Waals surface area contributed by atoms with E-state index in [1.807, 2.05) is 13.8 Å². The topological polar surface area (TPSA) is 119 Å². The quantitative estimate of drug-likeness (QED) is 0.218. The van der Waals surface area contributed by atoms with E-state index in [9.17, 15) is 19.5 Å². The molecular weight excluding hydrogens is 472 g/mol. The number of benzene rings is 1. The summed E-state index contributed by atoms with van der Waals surface area (Å²) in [6.07, 6.45) is 1.38.